The number of nitrogens with one attached hydrogen (secondary N) is 1. The van der Waals surface area contributed by atoms with Gasteiger partial charge in [0.2, 0.25) is 5.91 Å². The Morgan fingerprint density at radius 2 is 1.95 bits per heavy atom. The largest absolute Gasteiger partial charge is 0.409 e. The van der Waals surface area contributed by atoms with Crippen molar-refractivity contribution in [3.05, 3.63) is 0 Å². The summed E-state index contributed by atoms with van der Waals surface area (Å²) in [6, 6.07) is -0.409. The van der Waals surface area contributed by atoms with Gasteiger partial charge in [-0.1, -0.05) is 12.1 Å². The van der Waals surface area contributed by atoms with E-state index in [4.69, 9.17) is 10.9 Å². The zero-order valence-corrected chi connectivity index (χ0v) is 12.4. The van der Waals surface area contributed by atoms with Crippen LogP contribution in [-0.2, 0) is 4.79 Å². The van der Waals surface area contributed by atoms with E-state index >= 15 is 0 Å². The molecule has 4 saturated carbocycles. The van der Waals surface area contributed by atoms with Crippen LogP contribution in [0.15, 0.2) is 5.16 Å². The second kappa shape index (κ2) is 4.37. The summed E-state index contributed by atoms with van der Waals surface area (Å²) in [5, 5.41) is 14.6. The fourth-order valence-corrected chi connectivity index (χ4v) is 5.50. The number of carbonyl (C=O) groups excluding carboxylic acids is 1. The lowest BCUT2D eigenvalue weighted by Crippen LogP contribution is -2.58. The summed E-state index contributed by atoms with van der Waals surface area (Å²) in [7, 11) is 0. The van der Waals surface area contributed by atoms with E-state index in [1.807, 2.05) is 0 Å². The van der Waals surface area contributed by atoms with Gasteiger partial charge in [-0.25, -0.2) is 0 Å². The molecule has 3 unspecified atom stereocenters. The third-order valence-electron chi connectivity index (χ3n) is 5.74. The molecule has 0 radical (unpaired) electrons. The fourth-order valence-electron chi connectivity index (χ4n) is 5.50. The maximum atomic E-state index is 12.8. The van der Waals surface area contributed by atoms with Crippen LogP contribution in [-0.4, -0.2) is 23.0 Å². The quantitative estimate of drug-likeness (QED) is 0.319. The Morgan fingerprint density at radius 3 is 2.45 bits per heavy atom. The maximum Gasteiger partial charge on any atom is 0.226 e. The van der Waals surface area contributed by atoms with E-state index in [1.165, 1.54) is 19.3 Å². The molecule has 5 nitrogen and oxygen atoms in total. The van der Waals surface area contributed by atoms with Crippen molar-refractivity contribution in [3.8, 4) is 0 Å². The number of rotatable bonds is 3. The second-order valence-corrected chi connectivity index (χ2v) is 7.77. The Morgan fingerprint density at radius 1 is 1.35 bits per heavy atom. The molecule has 4 aliphatic rings. The van der Waals surface area contributed by atoms with Crippen molar-refractivity contribution in [1.82, 2.24) is 5.32 Å². The Hall–Kier alpha value is -1.26. The molecule has 112 valence electrons. The van der Waals surface area contributed by atoms with Gasteiger partial charge in [0.15, 0.2) is 5.84 Å². The summed E-state index contributed by atoms with van der Waals surface area (Å²) in [5.41, 5.74) is 5.71. The molecule has 0 saturated heterocycles. The smallest absolute Gasteiger partial charge is 0.226 e. The highest BCUT2D eigenvalue weighted by Crippen LogP contribution is 2.65. The predicted octanol–water partition coefficient (Wildman–Crippen LogP) is 1.84. The zero-order chi connectivity index (χ0) is 14.5. The maximum absolute atomic E-state index is 12.8. The highest BCUT2D eigenvalue weighted by atomic mass is 16.4. The molecule has 0 aromatic carbocycles. The zero-order valence-electron chi connectivity index (χ0n) is 12.4. The minimum Gasteiger partial charge on any atom is -0.409 e. The van der Waals surface area contributed by atoms with Crippen LogP contribution < -0.4 is 11.1 Å². The van der Waals surface area contributed by atoms with Crippen LogP contribution in [0, 0.1) is 22.7 Å². The number of oxime groups is 1. The summed E-state index contributed by atoms with van der Waals surface area (Å²) in [5.74, 6) is 1.60. The monoisotopic (exact) mass is 279 g/mol. The van der Waals surface area contributed by atoms with Crippen LogP contribution in [0.1, 0.15) is 52.4 Å². The SMILES string of the molecule is CC(NC(=O)C12CC3CC(CC(C)(C3)C1)C2)C(N)=NO. The van der Waals surface area contributed by atoms with Crippen LogP contribution >= 0.6 is 0 Å². The Kier molecular flexibility index (Phi) is 2.99. The number of nitrogens with zero attached hydrogens (tertiary/aromatic N) is 1. The standard InChI is InChI=1S/C15H25N3O2/c1-9(12(16)18-20)17-13(19)15-6-10-3-11(7-15)5-14(2,4-10)8-15/h9-11,20H,3-8H2,1-2H3,(H2,16,18)(H,17,19). The third-order valence-corrected chi connectivity index (χ3v) is 5.74. The first-order chi connectivity index (χ1) is 9.36. The number of hydrogen-bond donors (Lipinski definition) is 3. The highest BCUT2D eigenvalue weighted by molar-refractivity contribution is 5.91. The lowest BCUT2D eigenvalue weighted by molar-refractivity contribution is -0.155. The Labute approximate surface area is 120 Å². The number of carbonyl (C=O) groups is 1. The van der Waals surface area contributed by atoms with Crippen molar-refractivity contribution in [2.24, 2.45) is 33.6 Å². The molecule has 4 fully saturated rings. The Balaban J connectivity index is 1.78. The van der Waals surface area contributed by atoms with E-state index in [9.17, 15) is 4.79 Å². The number of amidine groups is 1. The first-order valence-corrected chi connectivity index (χ1v) is 7.64. The number of hydrogen-bond acceptors (Lipinski definition) is 3. The molecule has 4 bridgehead atoms. The first kappa shape index (κ1) is 13.7. The average molecular weight is 279 g/mol. The molecule has 0 aromatic rings. The van der Waals surface area contributed by atoms with Gasteiger partial charge >= 0.3 is 0 Å². The molecular weight excluding hydrogens is 254 g/mol. The summed E-state index contributed by atoms with van der Waals surface area (Å²) >= 11 is 0. The minimum atomic E-state index is -0.409. The third kappa shape index (κ3) is 2.07. The van der Waals surface area contributed by atoms with E-state index in [-0.39, 0.29) is 17.2 Å². The normalized spacial score (nSPS) is 44.4. The molecule has 0 heterocycles. The molecule has 0 aliphatic heterocycles. The van der Waals surface area contributed by atoms with Gasteiger partial charge < -0.3 is 16.3 Å². The number of amides is 1. The molecule has 4 N–H and O–H groups in total. The van der Waals surface area contributed by atoms with Crippen molar-refractivity contribution in [2.45, 2.75) is 58.4 Å². The molecular formula is C15H25N3O2. The lowest BCUT2D eigenvalue weighted by Gasteiger charge is -2.60. The summed E-state index contributed by atoms with van der Waals surface area (Å²) in [6.45, 7) is 4.11. The molecule has 0 spiro atoms. The molecule has 20 heavy (non-hydrogen) atoms. The van der Waals surface area contributed by atoms with Crippen molar-refractivity contribution in [2.75, 3.05) is 0 Å². The molecule has 1 amide bonds. The van der Waals surface area contributed by atoms with Gasteiger partial charge in [0.25, 0.3) is 0 Å². The van der Waals surface area contributed by atoms with Gasteiger partial charge in [-0.2, -0.15) is 0 Å². The van der Waals surface area contributed by atoms with E-state index in [1.54, 1.807) is 6.92 Å². The number of nitrogens with two attached hydrogens (primary N) is 1. The van der Waals surface area contributed by atoms with E-state index in [2.05, 4.69) is 17.4 Å². The van der Waals surface area contributed by atoms with Crippen molar-refractivity contribution in [3.63, 3.8) is 0 Å². The molecule has 5 heteroatoms. The summed E-state index contributed by atoms with van der Waals surface area (Å²) in [6.07, 6.45) is 6.92. The Bertz CT molecular complexity index is 446. The average Bonchev–Trinajstić information content (AvgIpc) is 2.34. The van der Waals surface area contributed by atoms with Crippen LogP contribution in [0.25, 0.3) is 0 Å². The van der Waals surface area contributed by atoms with Crippen LogP contribution in [0.4, 0.5) is 0 Å². The van der Waals surface area contributed by atoms with Crippen LogP contribution in [0.2, 0.25) is 0 Å². The van der Waals surface area contributed by atoms with Crippen molar-refractivity contribution < 1.29 is 10.0 Å². The van der Waals surface area contributed by atoms with Gasteiger partial charge in [-0.15, -0.1) is 0 Å². The molecule has 4 rings (SSSR count). The second-order valence-electron chi connectivity index (χ2n) is 7.77. The van der Waals surface area contributed by atoms with Gasteiger partial charge in [-0.05, 0) is 62.7 Å². The van der Waals surface area contributed by atoms with E-state index < -0.39 is 6.04 Å². The van der Waals surface area contributed by atoms with Crippen LogP contribution in [0.5, 0.6) is 0 Å². The van der Waals surface area contributed by atoms with Gasteiger partial charge in [0.05, 0.1) is 11.5 Å². The van der Waals surface area contributed by atoms with Gasteiger partial charge in [0.1, 0.15) is 0 Å². The first-order valence-electron chi connectivity index (χ1n) is 7.64. The topological polar surface area (TPSA) is 87.7 Å². The summed E-state index contributed by atoms with van der Waals surface area (Å²) < 4.78 is 0. The predicted molar refractivity (Wildman–Crippen MR) is 76.2 cm³/mol. The lowest BCUT2D eigenvalue weighted by atomic mass is 9.44. The van der Waals surface area contributed by atoms with Gasteiger partial charge in [0, 0.05) is 0 Å². The van der Waals surface area contributed by atoms with E-state index in [0.717, 1.165) is 19.3 Å². The van der Waals surface area contributed by atoms with Crippen LogP contribution in [0.3, 0.4) is 0 Å². The molecule has 3 atom stereocenters. The van der Waals surface area contributed by atoms with Gasteiger partial charge in [-0.3, -0.25) is 4.79 Å². The fraction of sp³-hybridized carbons (Fsp3) is 0.867. The van der Waals surface area contributed by atoms with Crippen molar-refractivity contribution >= 4 is 11.7 Å². The molecule has 4 aliphatic carbocycles. The van der Waals surface area contributed by atoms with E-state index in [0.29, 0.717) is 17.3 Å². The molecule has 0 aromatic heterocycles. The minimum absolute atomic E-state index is 0.0642. The highest BCUT2D eigenvalue weighted by Gasteiger charge is 2.58. The summed E-state index contributed by atoms with van der Waals surface area (Å²) in [4.78, 5) is 12.8. The van der Waals surface area contributed by atoms with Crippen molar-refractivity contribution in [1.29, 1.82) is 0 Å².